The Balaban J connectivity index is 2.94. The van der Waals surface area contributed by atoms with Crippen LogP contribution in [0.4, 0.5) is 4.79 Å². The van der Waals surface area contributed by atoms with E-state index in [-0.39, 0.29) is 11.1 Å². The van der Waals surface area contributed by atoms with Gasteiger partial charge in [0.05, 0.1) is 17.1 Å². The second-order valence-electron chi connectivity index (χ2n) is 9.06. The first-order chi connectivity index (χ1) is 11.1. The molecule has 0 aromatic heterocycles. The largest absolute Gasteiger partial charge is 0.444 e. The maximum atomic E-state index is 12.5. The number of likely N-dealkylation sites (tertiary alicyclic amines) is 1. The Morgan fingerprint density at radius 2 is 1.80 bits per heavy atom. The van der Waals surface area contributed by atoms with Crippen molar-refractivity contribution in [2.24, 2.45) is 0 Å². The summed E-state index contributed by atoms with van der Waals surface area (Å²) in [6.07, 6.45) is 2.26. The zero-order valence-corrected chi connectivity index (χ0v) is 17.7. The molecule has 2 unspecified atom stereocenters. The van der Waals surface area contributed by atoms with E-state index in [1.807, 2.05) is 0 Å². The van der Waals surface area contributed by atoms with Crippen LogP contribution < -0.4 is 0 Å². The lowest BCUT2D eigenvalue weighted by molar-refractivity contribution is -0.402. The van der Waals surface area contributed by atoms with Gasteiger partial charge in [0.1, 0.15) is 5.60 Å². The van der Waals surface area contributed by atoms with Crippen molar-refractivity contribution in [3.05, 3.63) is 22.4 Å². The van der Waals surface area contributed by atoms with E-state index in [1.165, 1.54) is 11.0 Å². The second kappa shape index (κ2) is 7.45. The van der Waals surface area contributed by atoms with E-state index < -0.39 is 31.0 Å². The molecule has 1 rings (SSSR count). The van der Waals surface area contributed by atoms with E-state index in [9.17, 15) is 14.9 Å². The summed E-state index contributed by atoms with van der Waals surface area (Å²) in [4.78, 5) is 24.2. The summed E-state index contributed by atoms with van der Waals surface area (Å²) in [6.45, 7) is 16.6. The molecule has 0 aromatic carbocycles. The predicted octanol–water partition coefficient (Wildman–Crippen LogP) is 4.18. The first-order valence-electron chi connectivity index (χ1n) is 8.61. The number of carbonyl (C=O) groups is 1. The summed E-state index contributed by atoms with van der Waals surface area (Å²) in [5, 5.41) is 10.7. The number of hydrogen-bond donors (Lipinski definition) is 0. The smallest absolute Gasteiger partial charge is 0.410 e. The molecule has 0 aromatic rings. The highest BCUT2D eigenvalue weighted by molar-refractivity contribution is 6.74. The van der Waals surface area contributed by atoms with Crippen LogP contribution in [-0.2, 0) is 9.16 Å². The Labute approximate surface area is 151 Å². The van der Waals surface area contributed by atoms with Gasteiger partial charge in [-0.3, -0.25) is 15.0 Å². The minimum absolute atomic E-state index is 0.0541. The fourth-order valence-electron chi connectivity index (χ4n) is 2.39. The lowest BCUT2D eigenvalue weighted by atomic mass is 10.2. The van der Waals surface area contributed by atoms with Crippen molar-refractivity contribution >= 4 is 14.4 Å². The maximum Gasteiger partial charge on any atom is 0.410 e. The van der Waals surface area contributed by atoms with Crippen molar-refractivity contribution in [1.82, 2.24) is 4.90 Å². The second-order valence-corrected chi connectivity index (χ2v) is 13.8. The third-order valence-corrected chi connectivity index (χ3v) is 9.17. The van der Waals surface area contributed by atoms with Gasteiger partial charge in [0.2, 0.25) is 6.20 Å². The van der Waals surface area contributed by atoms with E-state index in [4.69, 9.17) is 9.16 Å². The number of rotatable bonds is 4. The van der Waals surface area contributed by atoms with Crippen LogP contribution in [0.5, 0.6) is 0 Å². The molecule has 1 amide bonds. The lowest BCUT2D eigenvalue weighted by Gasteiger charge is -2.38. The molecule has 8 heteroatoms. The highest BCUT2D eigenvalue weighted by atomic mass is 28.4. The molecule has 1 aliphatic heterocycles. The van der Waals surface area contributed by atoms with Crippen LogP contribution in [0, 0.1) is 10.1 Å². The highest BCUT2D eigenvalue weighted by Crippen LogP contribution is 2.39. The summed E-state index contributed by atoms with van der Waals surface area (Å²) in [5.74, 6) is 0. The summed E-state index contributed by atoms with van der Waals surface area (Å²) in [6, 6.07) is -0.394. The van der Waals surface area contributed by atoms with Gasteiger partial charge in [0, 0.05) is 12.6 Å². The molecule has 1 heterocycles. The monoisotopic (exact) mass is 372 g/mol. The van der Waals surface area contributed by atoms with Crippen LogP contribution in [-0.4, -0.2) is 48.5 Å². The molecule has 2 atom stereocenters. The van der Waals surface area contributed by atoms with Crippen molar-refractivity contribution in [1.29, 1.82) is 0 Å². The molecule has 0 bridgehead atoms. The average molecular weight is 373 g/mol. The van der Waals surface area contributed by atoms with E-state index in [0.717, 1.165) is 6.20 Å². The maximum absolute atomic E-state index is 12.5. The van der Waals surface area contributed by atoms with Crippen LogP contribution >= 0.6 is 0 Å². The Kier molecular flexibility index (Phi) is 6.45. The van der Waals surface area contributed by atoms with Crippen molar-refractivity contribution in [3.8, 4) is 0 Å². The van der Waals surface area contributed by atoms with Gasteiger partial charge in [-0.25, -0.2) is 4.79 Å². The van der Waals surface area contributed by atoms with Crippen molar-refractivity contribution in [3.63, 3.8) is 0 Å². The van der Waals surface area contributed by atoms with Crippen molar-refractivity contribution in [2.75, 3.05) is 6.54 Å². The molecule has 1 fully saturated rings. The zero-order chi connectivity index (χ0) is 19.6. The van der Waals surface area contributed by atoms with Crippen molar-refractivity contribution < 1.29 is 18.9 Å². The quantitative estimate of drug-likeness (QED) is 0.420. The van der Waals surface area contributed by atoms with Gasteiger partial charge in [-0.05, 0) is 45.3 Å². The Bertz CT molecular complexity index is 534. The zero-order valence-electron chi connectivity index (χ0n) is 16.7. The highest BCUT2D eigenvalue weighted by Gasteiger charge is 2.44. The van der Waals surface area contributed by atoms with Crippen LogP contribution in [0.3, 0.4) is 0 Å². The van der Waals surface area contributed by atoms with Crippen LogP contribution in [0.2, 0.25) is 18.1 Å². The summed E-state index contributed by atoms with van der Waals surface area (Å²) in [7, 11) is -1.99. The van der Waals surface area contributed by atoms with E-state index in [2.05, 4.69) is 33.9 Å². The molecule has 25 heavy (non-hydrogen) atoms. The first kappa shape index (κ1) is 21.6. The fraction of sp³-hybridized carbons (Fsp3) is 0.824. The third kappa shape index (κ3) is 6.43. The molecule has 1 saturated heterocycles. The number of hydrogen-bond acceptors (Lipinski definition) is 5. The normalized spacial score (nSPS) is 22.5. The van der Waals surface area contributed by atoms with Gasteiger partial charge in [-0.15, -0.1) is 0 Å². The number of ether oxygens (including phenoxy) is 1. The lowest BCUT2D eigenvalue weighted by Crippen LogP contribution is -2.45. The first-order valence-corrected chi connectivity index (χ1v) is 11.5. The van der Waals surface area contributed by atoms with Gasteiger partial charge >= 0.3 is 6.09 Å². The standard InChI is InChI=1S/C17H32N2O5Si/c1-16(2,3)23-15(20)18-12-14(11-13(18)9-10-19(21)22)24-25(7,8)17(4,5)6/h9-10,13-14H,11-12H2,1-8H3. The molecular weight excluding hydrogens is 340 g/mol. The van der Waals surface area contributed by atoms with Gasteiger partial charge in [0.25, 0.3) is 0 Å². The van der Waals surface area contributed by atoms with Crippen LogP contribution in [0.25, 0.3) is 0 Å². The molecule has 144 valence electrons. The SMILES string of the molecule is CC(C)(C)OC(=O)N1CC(O[Si](C)(C)C(C)(C)C)CC1C=C[N+](=O)[O-]. The summed E-state index contributed by atoms with van der Waals surface area (Å²) >= 11 is 0. The molecule has 1 aliphatic rings. The summed E-state index contributed by atoms with van der Waals surface area (Å²) in [5.41, 5.74) is -0.618. The Morgan fingerprint density at radius 1 is 1.24 bits per heavy atom. The number of nitrogens with zero attached hydrogens (tertiary/aromatic N) is 2. The average Bonchev–Trinajstić information content (AvgIpc) is 2.75. The van der Waals surface area contributed by atoms with E-state index in [1.54, 1.807) is 20.8 Å². The Morgan fingerprint density at radius 3 is 2.24 bits per heavy atom. The molecule has 0 radical (unpaired) electrons. The fourth-order valence-corrected chi connectivity index (χ4v) is 3.74. The molecule has 0 spiro atoms. The number of nitro groups is 1. The van der Waals surface area contributed by atoms with Gasteiger partial charge in [-0.2, -0.15) is 0 Å². The van der Waals surface area contributed by atoms with E-state index >= 15 is 0 Å². The van der Waals surface area contributed by atoms with Gasteiger partial charge in [0.15, 0.2) is 8.32 Å². The van der Waals surface area contributed by atoms with Crippen molar-refractivity contribution in [2.45, 2.75) is 83.8 Å². The molecule has 7 nitrogen and oxygen atoms in total. The minimum Gasteiger partial charge on any atom is -0.444 e. The predicted molar refractivity (Wildman–Crippen MR) is 99.5 cm³/mol. The van der Waals surface area contributed by atoms with Crippen LogP contribution in [0.15, 0.2) is 12.3 Å². The van der Waals surface area contributed by atoms with E-state index in [0.29, 0.717) is 13.0 Å². The third-order valence-electron chi connectivity index (χ3n) is 4.63. The minimum atomic E-state index is -1.99. The molecule has 0 aliphatic carbocycles. The topological polar surface area (TPSA) is 81.9 Å². The molecule has 0 N–H and O–H groups in total. The molecular formula is C17H32N2O5Si. The van der Waals surface area contributed by atoms with Crippen LogP contribution in [0.1, 0.15) is 48.0 Å². The number of carbonyl (C=O) groups excluding carboxylic acids is 1. The number of amides is 1. The van der Waals surface area contributed by atoms with Gasteiger partial charge < -0.3 is 9.16 Å². The van der Waals surface area contributed by atoms with Gasteiger partial charge in [-0.1, -0.05) is 20.8 Å². The summed E-state index contributed by atoms with van der Waals surface area (Å²) < 4.78 is 11.8. The Hall–Kier alpha value is -1.41. The molecule has 0 saturated carbocycles.